The van der Waals surface area contributed by atoms with E-state index in [-0.39, 0.29) is 11.9 Å². The number of esters is 1. The highest BCUT2D eigenvalue weighted by Crippen LogP contribution is 2.41. The first-order valence-corrected chi connectivity index (χ1v) is 9.46. The van der Waals surface area contributed by atoms with E-state index in [1.165, 1.54) is 45.4 Å². The van der Waals surface area contributed by atoms with Gasteiger partial charge in [0.15, 0.2) is 5.78 Å². The maximum atomic E-state index is 12.6. The molecule has 0 amide bonds. The van der Waals surface area contributed by atoms with Crippen molar-refractivity contribution in [3.05, 3.63) is 11.1 Å². The molecule has 130 valence electrons. The topological polar surface area (TPSA) is 43.4 Å². The number of allylic oxidation sites excluding steroid dienone is 1. The molecule has 0 atom stereocenters. The Kier molecular flexibility index (Phi) is 6.86. The minimum Gasteiger partial charge on any atom is -0.459 e. The zero-order valence-electron chi connectivity index (χ0n) is 15.0. The van der Waals surface area contributed by atoms with Crippen LogP contribution in [0.1, 0.15) is 85.0 Å². The van der Waals surface area contributed by atoms with Gasteiger partial charge in [0.05, 0.1) is 6.10 Å². The van der Waals surface area contributed by atoms with E-state index in [9.17, 15) is 9.59 Å². The van der Waals surface area contributed by atoms with Crippen LogP contribution >= 0.6 is 0 Å². The molecule has 0 bridgehead atoms. The zero-order valence-corrected chi connectivity index (χ0v) is 15.0. The van der Waals surface area contributed by atoms with Gasteiger partial charge < -0.3 is 4.74 Å². The van der Waals surface area contributed by atoms with Crippen molar-refractivity contribution in [1.29, 1.82) is 0 Å². The fourth-order valence-electron chi connectivity index (χ4n) is 4.31. The average Bonchev–Trinajstić information content (AvgIpc) is 2.53. The lowest BCUT2D eigenvalue weighted by Crippen LogP contribution is -2.27. The Morgan fingerprint density at radius 2 is 1.26 bits per heavy atom. The molecule has 0 spiro atoms. The number of Topliss-reactive ketones (excluding diaryl/α,β-unsaturated/α-hetero) is 1. The summed E-state index contributed by atoms with van der Waals surface area (Å²) in [6, 6.07) is 0. The molecule has 2 rings (SSSR count). The summed E-state index contributed by atoms with van der Waals surface area (Å²) in [4.78, 5) is 25.0. The van der Waals surface area contributed by atoms with Crippen molar-refractivity contribution in [3.63, 3.8) is 0 Å². The van der Waals surface area contributed by atoms with Crippen molar-refractivity contribution < 1.29 is 14.3 Å². The van der Waals surface area contributed by atoms with Crippen molar-refractivity contribution in [3.8, 4) is 0 Å². The molecule has 0 N–H and O–H groups in total. The monoisotopic (exact) mass is 320 g/mol. The number of carbonyl (C=O) groups is 2. The second-order valence-corrected chi connectivity index (χ2v) is 7.51. The summed E-state index contributed by atoms with van der Waals surface area (Å²) in [6.07, 6.45) is 11.7. The number of rotatable bonds is 5. The Balaban J connectivity index is 2.39. The minimum atomic E-state index is -0.390. The van der Waals surface area contributed by atoms with Gasteiger partial charge in [-0.25, -0.2) is 4.79 Å². The molecule has 3 nitrogen and oxygen atoms in total. The van der Waals surface area contributed by atoms with Gasteiger partial charge in [0.2, 0.25) is 0 Å². The van der Waals surface area contributed by atoms with Crippen LogP contribution in [0.3, 0.4) is 0 Å². The number of carbonyl (C=O) groups excluding carboxylic acids is 2. The third-order valence-electron chi connectivity index (χ3n) is 5.28. The van der Waals surface area contributed by atoms with Gasteiger partial charge in [-0.2, -0.15) is 0 Å². The van der Waals surface area contributed by atoms with Crippen LogP contribution in [0.15, 0.2) is 11.1 Å². The van der Waals surface area contributed by atoms with Crippen molar-refractivity contribution in [1.82, 2.24) is 0 Å². The fraction of sp³-hybridized carbons (Fsp3) is 0.800. The molecule has 2 fully saturated rings. The van der Waals surface area contributed by atoms with Crippen molar-refractivity contribution in [2.75, 3.05) is 0 Å². The molecule has 0 aliphatic heterocycles. The average molecular weight is 320 g/mol. The molecule has 0 aromatic carbocycles. The fourth-order valence-corrected chi connectivity index (χ4v) is 4.31. The van der Waals surface area contributed by atoms with Gasteiger partial charge in [0, 0.05) is 0 Å². The maximum absolute atomic E-state index is 12.6. The second kappa shape index (κ2) is 8.65. The highest BCUT2D eigenvalue weighted by Gasteiger charge is 2.33. The van der Waals surface area contributed by atoms with Crippen LogP contribution in [0, 0.1) is 11.8 Å². The maximum Gasteiger partial charge on any atom is 0.341 e. The lowest BCUT2D eigenvalue weighted by Gasteiger charge is -2.34. The first-order valence-electron chi connectivity index (χ1n) is 9.46. The second-order valence-electron chi connectivity index (χ2n) is 7.51. The molecule has 0 unspecified atom stereocenters. The van der Waals surface area contributed by atoms with Crippen molar-refractivity contribution >= 4 is 11.8 Å². The molecule has 2 aliphatic rings. The van der Waals surface area contributed by atoms with E-state index in [1.807, 2.05) is 13.8 Å². The predicted molar refractivity (Wildman–Crippen MR) is 92.1 cm³/mol. The predicted octanol–water partition coefficient (Wildman–Crippen LogP) is 4.98. The lowest BCUT2D eigenvalue weighted by molar-refractivity contribution is -0.143. The smallest absolute Gasteiger partial charge is 0.341 e. The SMILES string of the molecule is CC(=O)C(C(=O)OC(C)C)=C(C1CCCCC1)C1CCCCC1. The molecule has 3 heteroatoms. The van der Waals surface area contributed by atoms with Gasteiger partial charge in [0.1, 0.15) is 5.57 Å². The Bertz CT molecular complexity index is 430. The standard InChI is InChI=1S/C20H32O3/c1-14(2)23-20(22)18(15(3)21)19(16-10-6-4-7-11-16)17-12-8-5-9-13-17/h14,16-17H,4-13H2,1-3H3. The Hall–Kier alpha value is -1.12. The van der Waals surface area contributed by atoms with E-state index < -0.39 is 5.97 Å². The van der Waals surface area contributed by atoms with Crippen LogP contribution in [-0.2, 0) is 14.3 Å². The lowest BCUT2D eigenvalue weighted by atomic mass is 9.71. The van der Waals surface area contributed by atoms with Gasteiger partial charge in [0.25, 0.3) is 0 Å². The summed E-state index contributed by atoms with van der Waals surface area (Å²) >= 11 is 0. The van der Waals surface area contributed by atoms with Crippen LogP contribution in [0.2, 0.25) is 0 Å². The first kappa shape index (κ1) is 18.2. The summed E-state index contributed by atoms with van der Waals surface area (Å²) in [6.45, 7) is 5.22. The summed E-state index contributed by atoms with van der Waals surface area (Å²) < 4.78 is 5.42. The van der Waals surface area contributed by atoms with E-state index in [4.69, 9.17) is 4.74 Å². The molecule has 0 saturated heterocycles. The van der Waals surface area contributed by atoms with E-state index in [1.54, 1.807) is 0 Å². The van der Waals surface area contributed by atoms with Crippen molar-refractivity contribution in [2.24, 2.45) is 11.8 Å². The summed E-state index contributed by atoms with van der Waals surface area (Å²) in [5, 5.41) is 0. The largest absolute Gasteiger partial charge is 0.459 e. The van der Waals surface area contributed by atoms with Gasteiger partial charge in [-0.1, -0.05) is 38.5 Å². The Morgan fingerprint density at radius 3 is 1.61 bits per heavy atom. The number of ketones is 1. The van der Waals surface area contributed by atoms with Crippen LogP contribution in [0.25, 0.3) is 0 Å². The van der Waals surface area contributed by atoms with Crippen LogP contribution < -0.4 is 0 Å². The molecule has 2 saturated carbocycles. The molecule has 0 heterocycles. The van der Waals surface area contributed by atoms with Gasteiger partial charge >= 0.3 is 5.97 Å². The summed E-state index contributed by atoms with van der Waals surface area (Å²) in [5.74, 6) is 0.316. The number of hydrogen-bond donors (Lipinski definition) is 0. The van der Waals surface area contributed by atoms with Gasteiger partial charge in [-0.05, 0) is 63.9 Å². The zero-order chi connectivity index (χ0) is 16.8. The molecule has 0 aromatic heterocycles. The van der Waals surface area contributed by atoms with Gasteiger partial charge in [-0.3, -0.25) is 4.79 Å². The molecule has 23 heavy (non-hydrogen) atoms. The van der Waals surface area contributed by atoms with Crippen LogP contribution in [-0.4, -0.2) is 17.9 Å². The molecular formula is C20H32O3. The molecule has 2 aliphatic carbocycles. The van der Waals surface area contributed by atoms with Crippen molar-refractivity contribution in [2.45, 2.75) is 91.1 Å². The van der Waals surface area contributed by atoms with E-state index in [0.29, 0.717) is 17.4 Å². The van der Waals surface area contributed by atoms with E-state index >= 15 is 0 Å². The Morgan fingerprint density at radius 1 is 0.826 bits per heavy atom. The Labute approximate surface area is 140 Å². The number of hydrogen-bond acceptors (Lipinski definition) is 3. The van der Waals surface area contributed by atoms with Gasteiger partial charge in [-0.15, -0.1) is 0 Å². The summed E-state index contributed by atoms with van der Waals surface area (Å²) in [7, 11) is 0. The molecule has 0 radical (unpaired) electrons. The van der Waals surface area contributed by atoms with E-state index in [0.717, 1.165) is 31.3 Å². The molecular weight excluding hydrogens is 288 g/mol. The van der Waals surface area contributed by atoms with E-state index in [2.05, 4.69) is 0 Å². The highest BCUT2D eigenvalue weighted by molar-refractivity contribution is 6.17. The van der Waals surface area contributed by atoms with Crippen LogP contribution in [0.5, 0.6) is 0 Å². The van der Waals surface area contributed by atoms with Crippen LogP contribution in [0.4, 0.5) is 0 Å². The molecule has 0 aromatic rings. The highest BCUT2D eigenvalue weighted by atomic mass is 16.5. The number of ether oxygens (including phenoxy) is 1. The third-order valence-corrected chi connectivity index (χ3v) is 5.28. The summed E-state index contributed by atoms with van der Waals surface area (Å²) in [5.41, 5.74) is 1.54. The quantitative estimate of drug-likeness (QED) is 0.310. The normalized spacial score (nSPS) is 20.3. The minimum absolute atomic E-state index is 0.109. The first-order chi connectivity index (χ1) is 11.0. The third kappa shape index (κ3) is 4.92.